The van der Waals surface area contributed by atoms with E-state index in [-0.39, 0.29) is 23.8 Å². The van der Waals surface area contributed by atoms with Crippen LogP contribution in [0.15, 0.2) is 23.1 Å². The number of nitrogens with one attached hydrogen (secondary N) is 1. The quantitative estimate of drug-likeness (QED) is 0.823. The highest BCUT2D eigenvalue weighted by Crippen LogP contribution is 2.29. The maximum absolute atomic E-state index is 13.0. The van der Waals surface area contributed by atoms with Crippen molar-refractivity contribution in [2.75, 3.05) is 7.11 Å². The van der Waals surface area contributed by atoms with Crippen molar-refractivity contribution in [3.63, 3.8) is 0 Å². The molecule has 1 fully saturated rings. The zero-order valence-electron chi connectivity index (χ0n) is 14.9. The number of sulfonamides is 1. The van der Waals surface area contributed by atoms with Gasteiger partial charge in [-0.25, -0.2) is 12.7 Å². The largest absolute Gasteiger partial charge is 0.496 e. The van der Waals surface area contributed by atoms with Gasteiger partial charge in [-0.1, -0.05) is 6.92 Å². The normalized spacial score (nSPS) is 19.0. The van der Waals surface area contributed by atoms with Crippen molar-refractivity contribution in [3.05, 3.63) is 23.8 Å². The van der Waals surface area contributed by atoms with E-state index in [2.05, 4.69) is 5.32 Å². The van der Waals surface area contributed by atoms with Gasteiger partial charge in [-0.3, -0.25) is 9.59 Å². The minimum atomic E-state index is -4.10. The van der Waals surface area contributed by atoms with Gasteiger partial charge in [0.1, 0.15) is 11.8 Å². The number of hydrogen-bond acceptors (Lipinski definition) is 5. The molecule has 0 bridgehead atoms. The van der Waals surface area contributed by atoms with Crippen molar-refractivity contribution < 1.29 is 22.7 Å². The zero-order chi connectivity index (χ0) is 18.8. The van der Waals surface area contributed by atoms with Crippen molar-refractivity contribution >= 4 is 21.8 Å². The fraction of sp³-hybridized carbons (Fsp3) is 0.529. The van der Waals surface area contributed by atoms with Gasteiger partial charge < -0.3 is 10.1 Å². The van der Waals surface area contributed by atoms with Crippen LogP contribution < -0.4 is 10.1 Å². The van der Waals surface area contributed by atoms with Gasteiger partial charge in [0.2, 0.25) is 11.8 Å². The molecule has 2 amide bonds. The summed E-state index contributed by atoms with van der Waals surface area (Å²) in [6.07, 6.45) is 0.944. The van der Waals surface area contributed by atoms with Crippen molar-refractivity contribution in [2.24, 2.45) is 0 Å². The number of carbonyl (C=O) groups excluding carboxylic acids is 2. The molecule has 1 N–H and O–H groups in total. The Morgan fingerprint density at radius 2 is 2.12 bits per heavy atom. The number of benzene rings is 1. The van der Waals surface area contributed by atoms with Crippen LogP contribution in [0.2, 0.25) is 0 Å². The van der Waals surface area contributed by atoms with Gasteiger partial charge in [-0.05, 0) is 50.5 Å². The second kappa shape index (κ2) is 7.43. The Morgan fingerprint density at radius 3 is 2.68 bits per heavy atom. The van der Waals surface area contributed by atoms with Gasteiger partial charge in [-0.2, -0.15) is 0 Å². The smallest absolute Gasteiger partial charge is 0.267 e. The van der Waals surface area contributed by atoms with E-state index < -0.39 is 27.9 Å². The lowest BCUT2D eigenvalue weighted by molar-refractivity contribution is -0.131. The number of ether oxygens (including phenoxy) is 1. The Morgan fingerprint density at radius 1 is 1.44 bits per heavy atom. The lowest BCUT2D eigenvalue weighted by Crippen LogP contribution is -2.49. The van der Waals surface area contributed by atoms with Gasteiger partial charge in [0.15, 0.2) is 0 Å². The third-order valence-electron chi connectivity index (χ3n) is 4.39. The number of amides is 2. The highest BCUT2D eigenvalue weighted by Gasteiger charge is 2.44. The molecule has 0 radical (unpaired) electrons. The standard InChI is InChI=1S/C17H24N2O5S/c1-5-12(3)18-17(21)14-7-9-16(20)19(14)25(22,23)13-6-8-15(24-4)11(2)10-13/h6,8,10,12,14H,5,7,9H2,1-4H3,(H,18,21)/t12-,14-/m0/s1. The predicted octanol–water partition coefficient (Wildman–Crippen LogP) is 1.60. The SMILES string of the molecule is CC[C@H](C)NC(=O)[C@@H]1CCC(=O)N1S(=O)(=O)c1ccc(OC)c(C)c1. The molecular weight excluding hydrogens is 344 g/mol. The van der Waals surface area contributed by atoms with Crippen molar-refractivity contribution in [1.29, 1.82) is 0 Å². The molecule has 2 atom stereocenters. The van der Waals surface area contributed by atoms with E-state index in [1.807, 2.05) is 13.8 Å². The molecule has 0 aromatic heterocycles. The molecule has 1 aromatic rings. The summed E-state index contributed by atoms with van der Waals surface area (Å²) < 4.78 is 31.8. The molecule has 25 heavy (non-hydrogen) atoms. The first-order valence-corrected chi connectivity index (χ1v) is 9.68. The van der Waals surface area contributed by atoms with Crippen LogP contribution in [-0.2, 0) is 19.6 Å². The molecule has 1 aromatic carbocycles. The van der Waals surface area contributed by atoms with Crippen molar-refractivity contribution in [3.8, 4) is 5.75 Å². The Bertz CT molecular complexity index is 775. The number of carbonyl (C=O) groups is 2. The van der Waals surface area contributed by atoms with E-state index in [0.29, 0.717) is 11.3 Å². The molecule has 1 aliphatic heterocycles. The zero-order valence-corrected chi connectivity index (χ0v) is 15.7. The van der Waals surface area contributed by atoms with Crippen molar-refractivity contribution in [1.82, 2.24) is 9.62 Å². The molecule has 0 saturated carbocycles. The fourth-order valence-electron chi connectivity index (χ4n) is 2.77. The van der Waals surface area contributed by atoms with Gasteiger partial charge >= 0.3 is 0 Å². The van der Waals surface area contributed by atoms with Crippen LogP contribution in [0.3, 0.4) is 0 Å². The summed E-state index contributed by atoms with van der Waals surface area (Å²) in [5.41, 5.74) is 0.635. The fourth-order valence-corrected chi connectivity index (χ4v) is 4.46. The number of rotatable bonds is 6. The third kappa shape index (κ3) is 3.78. The molecule has 0 aliphatic carbocycles. The average molecular weight is 368 g/mol. The van der Waals surface area contributed by atoms with Crippen LogP contribution in [0, 0.1) is 6.92 Å². The van der Waals surface area contributed by atoms with Crippen LogP contribution in [0.4, 0.5) is 0 Å². The van der Waals surface area contributed by atoms with Crippen LogP contribution in [0.1, 0.15) is 38.7 Å². The molecule has 1 heterocycles. The second-order valence-electron chi connectivity index (χ2n) is 6.20. The number of hydrogen-bond donors (Lipinski definition) is 1. The number of nitrogens with zero attached hydrogens (tertiary/aromatic N) is 1. The van der Waals surface area contributed by atoms with Crippen molar-refractivity contribution in [2.45, 2.75) is 57.0 Å². The molecule has 8 heteroatoms. The average Bonchev–Trinajstić information content (AvgIpc) is 2.97. The monoisotopic (exact) mass is 368 g/mol. The van der Waals surface area contributed by atoms with Crippen LogP contribution in [-0.4, -0.2) is 43.7 Å². The summed E-state index contributed by atoms with van der Waals surface area (Å²) >= 11 is 0. The van der Waals surface area contributed by atoms with E-state index in [0.717, 1.165) is 10.7 Å². The molecular formula is C17H24N2O5S. The summed E-state index contributed by atoms with van der Waals surface area (Å²) in [7, 11) is -2.61. The number of aryl methyl sites for hydroxylation is 1. The molecule has 138 valence electrons. The summed E-state index contributed by atoms with van der Waals surface area (Å²) in [5.74, 6) is -0.440. The molecule has 0 unspecified atom stereocenters. The topological polar surface area (TPSA) is 92.8 Å². The minimum absolute atomic E-state index is 0.0256. The highest BCUT2D eigenvalue weighted by atomic mass is 32.2. The van der Waals surface area contributed by atoms with E-state index in [9.17, 15) is 18.0 Å². The Hall–Kier alpha value is -2.09. The van der Waals surface area contributed by atoms with Gasteiger partial charge in [-0.15, -0.1) is 0 Å². The first kappa shape index (κ1) is 19.2. The van der Waals surface area contributed by atoms with E-state index in [4.69, 9.17) is 4.74 Å². The first-order valence-electron chi connectivity index (χ1n) is 8.24. The summed E-state index contributed by atoms with van der Waals surface area (Å²) in [5, 5.41) is 2.76. The van der Waals surface area contributed by atoms with Crippen LogP contribution in [0.5, 0.6) is 5.75 Å². The second-order valence-corrected chi connectivity index (χ2v) is 8.01. The summed E-state index contributed by atoms with van der Waals surface area (Å²) in [6.45, 7) is 5.47. The molecule has 1 saturated heterocycles. The lowest BCUT2D eigenvalue weighted by Gasteiger charge is -2.25. The van der Waals surface area contributed by atoms with Gasteiger partial charge in [0.05, 0.1) is 12.0 Å². The van der Waals surface area contributed by atoms with E-state index in [1.54, 1.807) is 6.92 Å². The lowest BCUT2D eigenvalue weighted by atomic mass is 10.2. The Kier molecular flexibility index (Phi) is 5.72. The third-order valence-corrected chi connectivity index (χ3v) is 6.21. The maximum Gasteiger partial charge on any atom is 0.267 e. The maximum atomic E-state index is 13.0. The minimum Gasteiger partial charge on any atom is -0.496 e. The highest BCUT2D eigenvalue weighted by molar-refractivity contribution is 7.89. The molecule has 1 aliphatic rings. The first-order chi connectivity index (χ1) is 11.7. The van der Waals surface area contributed by atoms with Crippen LogP contribution in [0.25, 0.3) is 0 Å². The predicted molar refractivity (Wildman–Crippen MR) is 92.7 cm³/mol. The van der Waals surface area contributed by atoms with Gasteiger partial charge in [0, 0.05) is 12.5 Å². The Balaban J connectivity index is 2.36. The molecule has 0 spiro atoms. The molecule has 2 rings (SSSR count). The summed E-state index contributed by atoms with van der Waals surface area (Å²) in [4.78, 5) is 24.6. The van der Waals surface area contributed by atoms with Crippen LogP contribution >= 0.6 is 0 Å². The van der Waals surface area contributed by atoms with E-state index >= 15 is 0 Å². The summed E-state index contributed by atoms with van der Waals surface area (Å²) in [6, 6.07) is 3.28. The number of methoxy groups -OCH3 is 1. The molecule has 7 nitrogen and oxygen atoms in total. The Labute approximate surface area is 148 Å². The van der Waals surface area contributed by atoms with Gasteiger partial charge in [0.25, 0.3) is 10.0 Å². The van der Waals surface area contributed by atoms with E-state index in [1.165, 1.54) is 25.3 Å².